The van der Waals surface area contributed by atoms with Gasteiger partial charge in [-0.3, -0.25) is 9.78 Å². The molecule has 0 N–H and O–H groups in total. The minimum Gasteiger partial charge on any atom is -0.298 e. The molecule has 0 saturated heterocycles. The van der Waals surface area contributed by atoms with E-state index >= 15 is 0 Å². The molecule has 0 aromatic rings. The zero-order chi connectivity index (χ0) is 17.2. The maximum Gasteiger partial charge on any atom is 0.342 e. The first-order chi connectivity index (χ1) is 11.2. The molecule has 0 aliphatic rings. The van der Waals surface area contributed by atoms with Gasteiger partial charge in [0, 0.05) is 12.8 Å². The van der Waals surface area contributed by atoms with Gasteiger partial charge in [0.2, 0.25) is 0 Å². The zero-order valence-electron chi connectivity index (χ0n) is 14.6. The highest BCUT2D eigenvalue weighted by Crippen LogP contribution is 2.08. The fourth-order valence-electron chi connectivity index (χ4n) is 1.77. The summed E-state index contributed by atoms with van der Waals surface area (Å²) in [4.78, 5) is 41.5. The number of unbranched alkanes of at least 4 members (excludes halogenated alkanes) is 6. The quantitative estimate of drug-likeness (QED) is 0.239. The zero-order valence-corrected chi connectivity index (χ0v) is 14.6. The Morgan fingerprint density at radius 2 is 1.00 bits per heavy atom. The summed E-state index contributed by atoms with van der Waals surface area (Å²) in [5.74, 6) is -0.622. The first-order valence-corrected chi connectivity index (χ1v) is 8.85. The van der Waals surface area contributed by atoms with Crippen molar-refractivity contribution < 1.29 is 29.1 Å². The average molecular weight is 332 g/mol. The molecular formula is C17H32O6. The van der Waals surface area contributed by atoms with E-state index in [1.165, 1.54) is 0 Å². The summed E-state index contributed by atoms with van der Waals surface area (Å²) >= 11 is 0. The molecule has 0 aromatic heterocycles. The van der Waals surface area contributed by atoms with Crippen LogP contribution >= 0.6 is 0 Å². The van der Waals surface area contributed by atoms with Crippen LogP contribution in [0.5, 0.6) is 0 Å². The van der Waals surface area contributed by atoms with Gasteiger partial charge in [0.1, 0.15) is 0 Å². The van der Waals surface area contributed by atoms with E-state index < -0.39 is 0 Å². The van der Waals surface area contributed by atoms with Crippen molar-refractivity contribution in [2.24, 2.45) is 0 Å². The van der Waals surface area contributed by atoms with Crippen LogP contribution in [0, 0.1) is 0 Å². The lowest BCUT2D eigenvalue weighted by Crippen LogP contribution is -2.06. The Balaban J connectivity index is 3.26. The van der Waals surface area contributed by atoms with Gasteiger partial charge in [-0.25, -0.2) is 9.59 Å². The Morgan fingerprint density at radius 1 is 0.609 bits per heavy atom. The second kappa shape index (κ2) is 17.2. The maximum atomic E-state index is 11.3. The highest BCUT2D eigenvalue weighted by atomic mass is 17.2. The van der Waals surface area contributed by atoms with Crippen molar-refractivity contribution in [1.82, 2.24) is 0 Å². The maximum absolute atomic E-state index is 11.3. The van der Waals surface area contributed by atoms with E-state index in [9.17, 15) is 9.59 Å². The summed E-state index contributed by atoms with van der Waals surface area (Å²) in [6.07, 6.45) is 8.96. The first-order valence-electron chi connectivity index (χ1n) is 8.85. The monoisotopic (exact) mass is 332 g/mol. The summed E-state index contributed by atoms with van der Waals surface area (Å²) in [5.41, 5.74) is 0. The van der Waals surface area contributed by atoms with Gasteiger partial charge < -0.3 is 0 Å². The van der Waals surface area contributed by atoms with Crippen molar-refractivity contribution in [2.75, 3.05) is 13.2 Å². The predicted octanol–water partition coefficient (Wildman–Crippen LogP) is 4.27. The highest BCUT2D eigenvalue weighted by Gasteiger charge is 2.05. The molecule has 6 nitrogen and oxygen atoms in total. The van der Waals surface area contributed by atoms with Crippen LogP contribution < -0.4 is 0 Å². The van der Waals surface area contributed by atoms with Crippen molar-refractivity contribution in [2.45, 2.75) is 84.5 Å². The highest BCUT2D eigenvalue weighted by molar-refractivity contribution is 5.68. The smallest absolute Gasteiger partial charge is 0.298 e. The van der Waals surface area contributed by atoms with Crippen molar-refractivity contribution >= 4 is 11.9 Å². The van der Waals surface area contributed by atoms with Gasteiger partial charge in [-0.05, 0) is 25.7 Å². The van der Waals surface area contributed by atoms with Gasteiger partial charge in [0.25, 0.3) is 0 Å². The third-order valence-electron chi connectivity index (χ3n) is 3.23. The molecule has 0 aliphatic heterocycles. The summed E-state index contributed by atoms with van der Waals surface area (Å²) in [5, 5.41) is 0. The number of rotatable bonds is 16. The van der Waals surface area contributed by atoms with Gasteiger partial charge >= 0.3 is 11.9 Å². The van der Waals surface area contributed by atoms with E-state index in [0.717, 1.165) is 57.8 Å². The molecule has 0 fully saturated rings. The van der Waals surface area contributed by atoms with Crippen LogP contribution in [0.3, 0.4) is 0 Å². The third-order valence-corrected chi connectivity index (χ3v) is 3.23. The van der Waals surface area contributed by atoms with E-state index in [-0.39, 0.29) is 11.9 Å². The molecule has 0 saturated carbocycles. The van der Waals surface area contributed by atoms with Crippen molar-refractivity contribution in [1.29, 1.82) is 0 Å². The SMILES string of the molecule is CCCCOOC(=O)CCCCCCCC(=O)OOCCCC. The summed E-state index contributed by atoms with van der Waals surface area (Å²) < 4.78 is 0. The van der Waals surface area contributed by atoms with Crippen molar-refractivity contribution in [3.8, 4) is 0 Å². The molecule has 0 aliphatic carbocycles. The van der Waals surface area contributed by atoms with E-state index in [2.05, 4.69) is 9.78 Å². The van der Waals surface area contributed by atoms with Crippen LogP contribution in [0.1, 0.15) is 84.5 Å². The van der Waals surface area contributed by atoms with E-state index in [0.29, 0.717) is 26.1 Å². The fraction of sp³-hybridized carbons (Fsp3) is 0.882. The molecule has 0 radical (unpaired) electrons. The molecule has 23 heavy (non-hydrogen) atoms. The van der Waals surface area contributed by atoms with Crippen LogP contribution in [0.25, 0.3) is 0 Å². The molecular weight excluding hydrogens is 300 g/mol. The van der Waals surface area contributed by atoms with E-state index in [4.69, 9.17) is 9.78 Å². The Labute approximate surface area is 139 Å². The Hall–Kier alpha value is -1.14. The minimum atomic E-state index is -0.311. The van der Waals surface area contributed by atoms with Gasteiger partial charge in [-0.1, -0.05) is 46.0 Å². The largest absolute Gasteiger partial charge is 0.342 e. The average Bonchev–Trinajstić information content (AvgIpc) is 2.54. The van der Waals surface area contributed by atoms with E-state index in [1.54, 1.807) is 0 Å². The first kappa shape index (κ1) is 21.9. The third kappa shape index (κ3) is 17.1. The molecule has 0 unspecified atom stereocenters. The molecule has 0 bridgehead atoms. The summed E-state index contributed by atoms with van der Waals surface area (Å²) in [7, 11) is 0. The van der Waals surface area contributed by atoms with Gasteiger partial charge in [0.15, 0.2) is 0 Å². The Kier molecular flexibility index (Phi) is 16.4. The second-order valence-electron chi connectivity index (χ2n) is 5.53. The molecule has 0 amide bonds. The van der Waals surface area contributed by atoms with Gasteiger partial charge in [-0.15, -0.1) is 0 Å². The molecule has 136 valence electrons. The van der Waals surface area contributed by atoms with E-state index in [1.807, 2.05) is 13.8 Å². The normalized spacial score (nSPS) is 10.5. The fourth-order valence-corrected chi connectivity index (χ4v) is 1.77. The molecule has 6 heteroatoms. The second-order valence-corrected chi connectivity index (χ2v) is 5.53. The number of carbonyl (C=O) groups excluding carboxylic acids is 2. The number of carbonyl (C=O) groups is 2. The van der Waals surface area contributed by atoms with Gasteiger partial charge in [0.05, 0.1) is 13.2 Å². The lowest BCUT2D eigenvalue weighted by Gasteiger charge is -2.04. The van der Waals surface area contributed by atoms with Crippen molar-refractivity contribution in [3.05, 3.63) is 0 Å². The molecule has 0 spiro atoms. The van der Waals surface area contributed by atoms with Crippen LogP contribution in [-0.4, -0.2) is 25.2 Å². The van der Waals surface area contributed by atoms with Crippen LogP contribution in [0.4, 0.5) is 0 Å². The Morgan fingerprint density at radius 3 is 1.39 bits per heavy atom. The van der Waals surface area contributed by atoms with Crippen LogP contribution in [0.15, 0.2) is 0 Å². The number of hydrogen-bond donors (Lipinski definition) is 0. The van der Waals surface area contributed by atoms with Crippen molar-refractivity contribution in [3.63, 3.8) is 0 Å². The standard InChI is InChI=1S/C17H32O6/c1-3-5-14-20-22-16(18)12-10-8-7-9-11-13-17(19)23-21-15-6-4-2/h3-15H2,1-2H3. The summed E-state index contributed by atoms with van der Waals surface area (Å²) in [6.45, 7) is 5.01. The minimum absolute atomic E-state index is 0.311. The lowest BCUT2D eigenvalue weighted by atomic mass is 10.1. The van der Waals surface area contributed by atoms with Crippen LogP contribution in [0.2, 0.25) is 0 Å². The molecule has 0 aromatic carbocycles. The number of hydrogen-bond acceptors (Lipinski definition) is 6. The molecule has 0 heterocycles. The topological polar surface area (TPSA) is 71.1 Å². The Bertz CT molecular complexity index is 265. The lowest BCUT2D eigenvalue weighted by molar-refractivity contribution is -0.272. The summed E-state index contributed by atoms with van der Waals surface area (Å²) in [6, 6.07) is 0. The molecule has 0 atom stereocenters. The predicted molar refractivity (Wildman–Crippen MR) is 86.2 cm³/mol. The van der Waals surface area contributed by atoms with Crippen LogP contribution in [-0.2, 0) is 29.1 Å². The molecule has 0 rings (SSSR count). The van der Waals surface area contributed by atoms with Gasteiger partial charge in [-0.2, -0.15) is 9.78 Å².